The van der Waals surface area contributed by atoms with Crippen molar-refractivity contribution >= 4 is 11.6 Å². The number of nitriles is 1. The number of hydrogen-bond donors (Lipinski definition) is 0. The zero-order valence-corrected chi connectivity index (χ0v) is 13.8. The molecule has 1 fully saturated rings. The standard InChI is InChI=1S/C18H21N5O/c1-15(23-10-7-20-14-23)18(24)22-9-4-8-21(11-12-22)17-6-3-2-5-16(17)13-19/h2-3,5-7,10,14-15H,4,8-9,11-12H2,1H3/t15-/m1/s1. The first-order chi connectivity index (χ1) is 11.7. The number of nitrogens with zero attached hydrogens (tertiary/aromatic N) is 5. The molecule has 3 rings (SSSR count). The Bertz CT molecular complexity index is 734. The molecule has 24 heavy (non-hydrogen) atoms. The molecule has 1 atom stereocenters. The third-order valence-electron chi connectivity index (χ3n) is 4.50. The Morgan fingerprint density at radius 1 is 1.25 bits per heavy atom. The number of carbonyl (C=O) groups is 1. The maximum absolute atomic E-state index is 12.7. The lowest BCUT2D eigenvalue weighted by Gasteiger charge is -2.26. The van der Waals surface area contributed by atoms with Crippen LogP contribution in [0.5, 0.6) is 0 Å². The minimum absolute atomic E-state index is 0.114. The predicted molar refractivity (Wildman–Crippen MR) is 91.5 cm³/mol. The van der Waals surface area contributed by atoms with E-state index in [0.717, 1.165) is 31.7 Å². The largest absolute Gasteiger partial charge is 0.369 e. The molecule has 0 N–H and O–H groups in total. The molecular weight excluding hydrogens is 302 g/mol. The average Bonchev–Trinajstić information content (AvgIpc) is 3.05. The van der Waals surface area contributed by atoms with Gasteiger partial charge >= 0.3 is 0 Å². The summed E-state index contributed by atoms with van der Waals surface area (Å²) in [7, 11) is 0. The monoisotopic (exact) mass is 323 g/mol. The lowest BCUT2D eigenvalue weighted by Crippen LogP contribution is -2.39. The van der Waals surface area contributed by atoms with Gasteiger partial charge in [0.1, 0.15) is 12.1 Å². The Balaban J connectivity index is 1.69. The molecule has 6 heteroatoms. The van der Waals surface area contributed by atoms with Crippen molar-refractivity contribution < 1.29 is 4.79 Å². The highest BCUT2D eigenvalue weighted by atomic mass is 16.2. The van der Waals surface area contributed by atoms with Gasteiger partial charge in [0, 0.05) is 38.6 Å². The van der Waals surface area contributed by atoms with Gasteiger partial charge in [-0.2, -0.15) is 5.26 Å². The molecule has 0 bridgehead atoms. The molecular formula is C18H21N5O. The molecule has 1 amide bonds. The van der Waals surface area contributed by atoms with Crippen LogP contribution >= 0.6 is 0 Å². The number of benzene rings is 1. The summed E-state index contributed by atoms with van der Waals surface area (Å²) >= 11 is 0. The second-order valence-corrected chi connectivity index (χ2v) is 5.98. The van der Waals surface area contributed by atoms with E-state index in [1.54, 1.807) is 12.5 Å². The van der Waals surface area contributed by atoms with Gasteiger partial charge in [-0.15, -0.1) is 0 Å². The highest BCUT2D eigenvalue weighted by Gasteiger charge is 2.24. The molecule has 1 aliphatic rings. The highest BCUT2D eigenvalue weighted by Crippen LogP contribution is 2.22. The molecule has 0 saturated carbocycles. The summed E-state index contributed by atoms with van der Waals surface area (Å²) in [5, 5.41) is 9.29. The van der Waals surface area contributed by atoms with Crippen LogP contribution in [0.25, 0.3) is 0 Å². The van der Waals surface area contributed by atoms with Gasteiger partial charge in [0.2, 0.25) is 5.91 Å². The van der Waals surface area contributed by atoms with Crippen LogP contribution in [0.3, 0.4) is 0 Å². The first-order valence-electron chi connectivity index (χ1n) is 8.21. The minimum atomic E-state index is -0.245. The van der Waals surface area contributed by atoms with E-state index in [4.69, 9.17) is 0 Å². The zero-order chi connectivity index (χ0) is 16.9. The van der Waals surface area contributed by atoms with E-state index < -0.39 is 0 Å². The number of imidazole rings is 1. The fourth-order valence-corrected chi connectivity index (χ4v) is 3.11. The SMILES string of the molecule is C[C@H](C(=O)N1CCCN(c2ccccc2C#N)CC1)n1ccnc1. The van der Waals surface area contributed by atoms with Gasteiger partial charge in [-0.1, -0.05) is 12.1 Å². The minimum Gasteiger partial charge on any atom is -0.369 e. The Hall–Kier alpha value is -2.81. The van der Waals surface area contributed by atoms with Crippen molar-refractivity contribution in [3.63, 3.8) is 0 Å². The first kappa shape index (κ1) is 16.1. The molecule has 0 radical (unpaired) electrons. The van der Waals surface area contributed by atoms with Gasteiger partial charge in [-0.3, -0.25) is 4.79 Å². The maximum Gasteiger partial charge on any atom is 0.245 e. The number of carbonyl (C=O) groups excluding carboxylic acids is 1. The summed E-state index contributed by atoms with van der Waals surface area (Å²) in [5.74, 6) is 0.114. The lowest BCUT2D eigenvalue weighted by atomic mass is 10.1. The first-order valence-corrected chi connectivity index (χ1v) is 8.21. The van der Waals surface area contributed by atoms with Crippen LogP contribution in [0.1, 0.15) is 24.9 Å². The smallest absolute Gasteiger partial charge is 0.245 e. The van der Waals surface area contributed by atoms with Crippen LogP contribution in [0.2, 0.25) is 0 Å². The number of para-hydroxylation sites is 1. The Kier molecular flexibility index (Phi) is 4.80. The van der Waals surface area contributed by atoms with Crippen molar-refractivity contribution in [1.82, 2.24) is 14.5 Å². The van der Waals surface area contributed by atoms with E-state index in [2.05, 4.69) is 16.0 Å². The summed E-state index contributed by atoms with van der Waals surface area (Å²) < 4.78 is 1.83. The molecule has 2 heterocycles. The molecule has 1 aromatic heterocycles. The third kappa shape index (κ3) is 3.25. The second-order valence-electron chi connectivity index (χ2n) is 5.98. The van der Waals surface area contributed by atoms with E-state index in [9.17, 15) is 10.1 Å². The Labute approximate surface area is 141 Å². The van der Waals surface area contributed by atoms with Gasteiger partial charge in [-0.05, 0) is 25.5 Å². The van der Waals surface area contributed by atoms with Gasteiger partial charge in [0.25, 0.3) is 0 Å². The summed E-state index contributed by atoms with van der Waals surface area (Å²) in [6.45, 7) is 4.89. The average molecular weight is 323 g/mol. The van der Waals surface area contributed by atoms with Gasteiger partial charge in [0.05, 0.1) is 17.6 Å². The molecule has 1 aromatic carbocycles. The number of rotatable bonds is 3. The van der Waals surface area contributed by atoms with Crippen molar-refractivity contribution in [1.29, 1.82) is 5.26 Å². The van der Waals surface area contributed by atoms with E-state index in [1.807, 2.05) is 46.9 Å². The fraction of sp³-hybridized carbons (Fsp3) is 0.389. The number of anilines is 1. The van der Waals surface area contributed by atoms with Crippen LogP contribution in [0.15, 0.2) is 43.0 Å². The van der Waals surface area contributed by atoms with Crippen molar-refractivity contribution in [2.75, 3.05) is 31.1 Å². The summed E-state index contributed by atoms with van der Waals surface area (Å²) in [6, 6.07) is 9.65. The number of hydrogen-bond acceptors (Lipinski definition) is 4. The Morgan fingerprint density at radius 2 is 2.08 bits per heavy atom. The molecule has 0 unspecified atom stereocenters. The lowest BCUT2D eigenvalue weighted by molar-refractivity contribution is -0.134. The van der Waals surface area contributed by atoms with Crippen LogP contribution in [0, 0.1) is 11.3 Å². The maximum atomic E-state index is 12.7. The molecule has 0 spiro atoms. The third-order valence-corrected chi connectivity index (χ3v) is 4.50. The van der Waals surface area contributed by atoms with E-state index in [1.165, 1.54) is 0 Å². The van der Waals surface area contributed by atoms with Crippen LogP contribution in [-0.4, -0.2) is 46.5 Å². The van der Waals surface area contributed by atoms with Crippen molar-refractivity contribution in [2.45, 2.75) is 19.4 Å². The normalized spacial score (nSPS) is 16.3. The van der Waals surface area contributed by atoms with Crippen LogP contribution in [-0.2, 0) is 4.79 Å². The number of amides is 1. The summed E-state index contributed by atoms with van der Waals surface area (Å²) in [5.41, 5.74) is 1.64. The summed E-state index contributed by atoms with van der Waals surface area (Å²) in [4.78, 5) is 20.9. The van der Waals surface area contributed by atoms with Gasteiger partial charge < -0.3 is 14.4 Å². The van der Waals surface area contributed by atoms with Gasteiger partial charge in [0.15, 0.2) is 0 Å². The quantitative estimate of drug-likeness (QED) is 0.867. The zero-order valence-electron chi connectivity index (χ0n) is 13.8. The van der Waals surface area contributed by atoms with E-state index in [0.29, 0.717) is 12.1 Å². The van der Waals surface area contributed by atoms with Crippen molar-refractivity contribution in [3.8, 4) is 6.07 Å². The fourth-order valence-electron chi connectivity index (χ4n) is 3.11. The summed E-state index contributed by atoms with van der Waals surface area (Å²) in [6.07, 6.45) is 6.07. The van der Waals surface area contributed by atoms with Crippen molar-refractivity contribution in [3.05, 3.63) is 48.5 Å². The van der Waals surface area contributed by atoms with Crippen LogP contribution in [0.4, 0.5) is 5.69 Å². The van der Waals surface area contributed by atoms with E-state index in [-0.39, 0.29) is 11.9 Å². The highest BCUT2D eigenvalue weighted by molar-refractivity contribution is 5.80. The molecule has 1 aliphatic heterocycles. The molecule has 124 valence electrons. The van der Waals surface area contributed by atoms with Crippen LogP contribution < -0.4 is 4.90 Å². The molecule has 0 aliphatic carbocycles. The molecule has 6 nitrogen and oxygen atoms in total. The Morgan fingerprint density at radius 3 is 2.83 bits per heavy atom. The molecule has 1 saturated heterocycles. The van der Waals surface area contributed by atoms with E-state index >= 15 is 0 Å². The van der Waals surface area contributed by atoms with Gasteiger partial charge in [-0.25, -0.2) is 4.98 Å². The second kappa shape index (κ2) is 7.18. The predicted octanol–water partition coefficient (Wildman–Crippen LogP) is 2.05. The topological polar surface area (TPSA) is 65.2 Å². The van der Waals surface area contributed by atoms with Crippen molar-refractivity contribution in [2.24, 2.45) is 0 Å². The molecule has 2 aromatic rings. The number of aromatic nitrogens is 2.